The third kappa shape index (κ3) is 6.11. The number of hydrogen-bond acceptors (Lipinski definition) is 2. The molecule has 3 aromatic rings. The Kier molecular flexibility index (Phi) is 6.53. The summed E-state index contributed by atoms with van der Waals surface area (Å²) in [6.45, 7) is 0. The molecule has 4 heteroatoms. The summed E-state index contributed by atoms with van der Waals surface area (Å²) >= 11 is 0. The lowest BCUT2D eigenvalue weighted by molar-refractivity contribution is -0.112. The second-order valence-corrected chi connectivity index (χ2v) is 6.05. The van der Waals surface area contributed by atoms with Crippen LogP contribution in [0.1, 0.15) is 11.1 Å². The Morgan fingerprint density at radius 3 is 1.43 bits per heavy atom. The number of nitrogens with one attached hydrogen (secondary N) is 2. The van der Waals surface area contributed by atoms with Gasteiger partial charge in [-0.3, -0.25) is 9.59 Å². The Morgan fingerprint density at radius 2 is 1.00 bits per heavy atom. The van der Waals surface area contributed by atoms with E-state index >= 15 is 0 Å². The molecule has 0 bridgehead atoms. The lowest BCUT2D eigenvalue weighted by Crippen LogP contribution is -2.10. The molecule has 0 aliphatic heterocycles. The van der Waals surface area contributed by atoms with Gasteiger partial charge in [-0.05, 0) is 41.5 Å². The molecule has 0 spiro atoms. The molecule has 0 unspecified atom stereocenters. The molecule has 0 fully saturated rings. The van der Waals surface area contributed by atoms with Gasteiger partial charge in [0.1, 0.15) is 0 Å². The molecule has 4 nitrogen and oxygen atoms in total. The highest BCUT2D eigenvalue weighted by Crippen LogP contribution is 2.15. The molecular formula is C24H20N2O2. The Labute approximate surface area is 164 Å². The smallest absolute Gasteiger partial charge is 0.248 e. The number of rotatable bonds is 6. The average Bonchev–Trinajstić information content (AvgIpc) is 2.72. The van der Waals surface area contributed by atoms with Crippen LogP contribution < -0.4 is 10.6 Å². The van der Waals surface area contributed by atoms with E-state index in [-0.39, 0.29) is 11.8 Å². The average molecular weight is 368 g/mol. The zero-order chi connectivity index (χ0) is 19.6. The van der Waals surface area contributed by atoms with Gasteiger partial charge < -0.3 is 10.6 Å². The monoisotopic (exact) mass is 368 g/mol. The summed E-state index contributed by atoms with van der Waals surface area (Å²) in [4.78, 5) is 24.2. The van der Waals surface area contributed by atoms with Crippen molar-refractivity contribution in [2.45, 2.75) is 0 Å². The van der Waals surface area contributed by atoms with Crippen LogP contribution in [0.2, 0.25) is 0 Å². The molecule has 28 heavy (non-hydrogen) atoms. The van der Waals surface area contributed by atoms with Gasteiger partial charge in [0.15, 0.2) is 0 Å². The molecule has 0 heterocycles. The van der Waals surface area contributed by atoms with E-state index in [1.165, 1.54) is 12.2 Å². The Balaban J connectivity index is 1.57. The van der Waals surface area contributed by atoms with Gasteiger partial charge in [0.2, 0.25) is 11.8 Å². The first-order valence-electron chi connectivity index (χ1n) is 8.87. The number of anilines is 2. The van der Waals surface area contributed by atoms with Crippen molar-refractivity contribution in [1.29, 1.82) is 0 Å². The van der Waals surface area contributed by atoms with Crippen LogP contribution in [0.5, 0.6) is 0 Å². The van der Waals surface area contributed by atoms with Crippen molar-refractivity contribution in [2.75, 3.05) is 10.6 Å². The van der Waals surface area contributed by atoms with Crippen LogP contribution in [0.4, 0.5) is 11.4 Å². The summed E-state index contributed by atoms with van der Waals surface area (Å²) in [6, 6.07) is 26.2. The van der Waals surface area contributed by atoms with E-state index in [0.29, 0.717) is 11.4 Å². The number of carbonyl (C=O) groups excluding carboxylic acids is 2. The molecule has 3 aromatic carbocycles. The molecule has 138 valence electrons. The lowest BCUT2D eigenvalue weighted by atomic mass is 10.2. The second kappa shape index (κ2) is 9.69. The minimum atomic E-state index is -0.240. The molecular weight excluding hydrogens is 348 g/mol. The van der Waals surface area contributed by atoms with Gasteiger partial charge in [-0.15, -0.1) is 0 Å². The topological polar surface area (TPSA) is 58.2 Å². The minimum Gasteiger partial charge on any atom is -0.322 e. The van der Waals surface area contributed by atoms with Crippen molar-refractivity contribution >= 4 is 35.3 Å². The van der Waals surface area contributed by atoms with Gasteiger partial charge in [-0.1, -0.05) is 66.7 Å². The van der Waals surface area contributed by atoms with Gasteiger partial charge in [0, 0.05) is 23.5 Å². The standard InChI is InChI=1S/C24H20N2O2/c27-23(16-14-19-8-3-1-4-9-19)25-21-12-7-13-22(18-21)26-24(28)17-15-20-10-5-2-6-11-20/h1-18H,(H,25,27)(H,26,28). The third-order valence-electron chi connectivity index (χ3n) is 3.85. The van der Waals surface area contributed by atoms with Gasteiger partial charge in [0.25, 0.3) is 0 Å². The predicted molar refractivity (Wildman–Crippen MR) is 115 cm³/mol. The van der Waals surface area contributed by atoms with Crippen LogP contribution in [-0.4, -0.2) is 11.8 Å². The number of benzene rings is 3. The fraction of sp³-hybridized carbons (Fsp3) is 0. The van der Waals surface area contributed by atoms with Crippen molar-refractivity contribution in [3.05, 3.63) is 108 Å². The number of carbonyl (C=O) groups is 2. The van der Waals surface area contributed by atoms with Crippen LogP contribution in [0.3, 0.4) is 0 Å². The van der Waals surface area contributed by atoms with Gasteiger partial charge in [-0.2, -0.15) is 0 Å². The maximum absolute atomic E-state index is 12.1. The fourth-order valence-corrected chi connectivity index (χ4v) is 2.51. The van der Waals surface area contributed by atoms with Crippen molar-refractivity contribution in [2.24, 2.45) is 0 Å². The van der Waals surface area contributed by atoms with Crippen LogP contribution in [0.15, 0.2) is 97.1 Å². The Hall–Kier alpha value is -3.92. The van der Waals surface area contributed by atoms with Crippen molar-refractivity contribution < 1.29 is 9.59 Å². The number of hydrogen-bond donors (Lipinski definition) is 2. The van der Waals surface area contributed by atoms with Crippen LogP contribution in [0, 0.1) is 0 Å². The summed E-state index contributed by atoms with van der Waals surface area (Å²) < 4.78 is 0. The maximum atomic E-state index is 12.1. The predicted octanol–water partition coefficient (Wildman–Crippen LogP) is 4.99. The van der Waals surface area contributed by atoms with E-state index in [0.717, 1.165) is 11.1 Å². The van der Waals surface area contributed by atoms with Crippen molar-refractivity contribution in [3.8, 4) is 0 Å². The van der Waals surface area contributed by atoms with Crippen LogP contribution in [-0.2, 0) is 9.59 Å². The van der Waals surface area contributed by atoms with E-state index in [9.17, 15) is 9.59 Å². The van der Waals surface area contributed by atoms with Gasteiger partial charge >= 0.3 is 0 Å². The van der Waals surface area contributed by atoms with E-state index < -0.39 is 0 Å². The fourth-order valence-electron chi connectivity index (χ4n) is 2.51. The summed E-state index contributed by atoms with van der Waals surface area (Å²) in [5.74, 6) is -0.479. The van der Waals surface area contributed by atoms with Gasteiger partial charge in [-0.25, -0.2) is 0 Å². The van der Waals surface area contributed by atoms with Crippen molar-refractivity contribution in [3.63, 3.8) is 0 Å². The zero-order valence-corrected chi connectivity index (χ0v) is 15.2. The van der Waals surface area contributed by atoms with Gasteiger partial charge in [0.05, 0.1) is 0 Å². The van der Waals surface area contributed by atoms with E-state index in [4.69, 9.17) is 0 Å². The molecule has 0 atom stereocenters. The second-order valence-electron chi connectivity index (χ2n) is 6.05. The quantitative estimate of drug-likeness (QED) is 0.602. The number of amides is 2. The molecule has 0 aliphatic carbocycles. The highest BCUT2D eigenvalue weighted by atomic mass is 16.2. The summed E-state index contributed by atoms with van der Waals surface area (Å²) in [7, 11) is 0. The molecule has 0 saturated carbocycles. The first-order valence-corrected chi connectivity index (χ1v) is 8.87. The minimum absolute atomic E-state index is 0.240. The van der Waals surface area contributed by atoms with E-state index in [1.54, 1.807) is 36.4 Å². The van der Waals surface area contributed by atoms with Crippen molar-refractivity contribution in [1.82, 2.24) is 0 Å². The SMILES string of the molecule is O=C(C=Cc1ccccc1)Nc1cccc(NC(=O)C=Cc2ccccc2)c1. The molecule has 0 radical (unpaired) electrons. The van der Waals surface area contributed by atoms with E-state index in [1.807, 2.05) is 60.7 Å². The molecule has 0 aliphatic rings. The maximum Gasteiger partial charge on any atom is 0.248 e. The Morgan fingerprint density at radius 1 is 0.571 bits per heavy atom. The lowest BCUT2D eigenvalue weighted by Gasteiger charge is -2.06. The van der Waals surface area contributed by atoms with Crippen LogP contribution >= 0.6 is 0 Å². The summed E-state index contributed by atoms with van der Waals surface area (Å²) in [5.41, 5.74) is 3.10. The third-order valence-corrected chi connectivity index (χ3v) is 3.85. The highest BCUT2D eigenvalue weighted by Gasteiger charge is 2.02. The molecule has 2 N–H and O–H groups in total. The molecule has 0 aromatic heterocycles. The summed E-state index contributed by atoms with van der Waals surface area (Å²) in [6.07, 6.45) is 6.44. The Bertz CT molecular complexity index is 915. The highest BCUT2D eigenvalue weighted by molar-refractivity contribution is 6.04. The molecule has 0 saturated heterocycles. The first-order chi connectivity index (χ1) is 13.7. The first kappa shape index (κ1) is 18.9. The largest absolute Gasteiger partial charge is 0.322 e. The normalized spacial score (nSPS) is 10.9. The molecule has 3 rings (SSSR count). The summed E-state index contributed by atoms with van der Waals surface area (Å²) in [5, 5.41) is 5.58. The van der Waals surface area contributed by atoms with E-state index in [2.05, 4.69) is 10.6 Å². The molecule has 2 amide bonds. The zero-order valence-electron chi connectivity index (χ0n) is 15.2. The van der Waals surface area contributed by atoms with Crippen LogP contribution in [0.25, 0.3) is 12.2 Å².